The highest BCUT2D eigenvalue weighted by atomic mass is 19.4. The summed E-state index contributed by atoms with van der Waals surface area (Å²) in [4.78, 5) is 14.6. The van der Waals surface area contributed by atoms with Gasteiger partial charge < -0.3 is 4.90 Å². The molecule has 0 saturated carbocycles. The molecule has 0 aromatic heterocycles. The van der Waals surface area contributed by atoms with E-state index in [1.807, 2.05) is 19.1 Å². The Bertz CT molecular complexity index is 1020. The van der Waals surface area contributed by atoms with Gasteiger partial charge in [0.2, 0.25) is 0 Å². The van der Waals surface area contributed by atoms with E-state index in [9.17, 15) is 31.1 Å². The van der Waals surface area contributed by atoms with E-state index < -0.39 is 23.5 Å². The molecule has 0 atom stereocenters. The Morgan fingerprint density at radius 3 is 2.17 bits per heavy atom. The van der Waals surface area contributed by atoms with E-state index in [0.717, 1.165) is 38.0 Å². The smallest absolute Gasteiger partial charge is 0.303 e. The molecule has 2 aliphatic rings. The van der Waals surface area contributed by atoms with Crippen LogP contribution in [0.25, 0.3) is 0 Å². The van der Waals surface area contributed by atoms with Gasteiger partial charge in [-0.15, -0.1) is 0 Å². The molecule has 1 aliphatic carbocycles. The first kappa shape index (κ1) is 28.0. The number of ketones is 1. The monoisotopic (exact) mass is 511 g/mol. The van der Waals surface area contributed by atoms with Gasteiger partial charge in [-0.2, -0.15) is 26.3 Å². The number of aryl methyl sites for hydroxylation is 1. The summed E-state index contributed by atoms with van der Waals surface area (Å²) in [6.07, 6.45) is 3.20. The van der Waals surface area contributed by atoms with Crippen LogP contribution in [0.2, 0.25) is 0 Å². The first-order valence-corrected chi connectivity index (χ1v) is 12.1. The summed E-state index contributed by atoms with van der Waals surface area (Å²) in [6, 6.07) is 1.49. The molecule has 2 nitrogen and oxygen atoms in total. The second-order valence-electron chi connectivity index (χ2n) is 9.46. The maximum absolute atomic E-state index is 13.0. The van der Waals surface area contributed by atoms with E-state index in [4.69, 9.17) is 0 Å². The largest absolute Gasteiger partial charge is 0.416 e. The molecule has 1 aliphatic heterocycles. The van der Waals surface area contributed by atoms with Crippen molar-refractivity contribution < 1.29 is 31.1 Å². The van der Waals surface area contributed by atoms with Crippen LogP contribution in [-0.4, -0.2) is 30.3 Å². The quantitative estimate of drug-likeness (QED) is 0.317. The van der Waals surface area contributed by atoms with Gasteiger partial charge in [-0.25, -0.2) is 0 Å². The van der Waals surface area contributed by atoms with Crippen molar-refractivity contribution in [1.82, 2.24) is 4.90 Å². The van der Waals surface area contributed by atoms with Crippen LogP contribution in [0.15, 0.2) is 66.3 Å². The number of piperidine rings is 1. The molecule has 1 fully saturated rings. The molecule has 8 heteroatoms. The topological polar surface area (TPSA) is 20.3 Å². The van der Waals surface area contributed by atoms with Crippen LogP contribution in [0, 0.1) is 5.41 Å². The molecule has 0 bridgehead atoms. The number of carbonyl (C=O) groups excluding carboxylic acids is 1. The van der Waals surface area contributed by atoms with Crippen molar-refractivity contribution in [3.8, 4) is 0 Å². The molecule has 1 aromatic carbocycles. The van der Waals surface area contributed by atoms with E-state index >= 15 is 0 Å². The van der Waals surface area contributed by atoms with Gasteiger partial charge >= 0.3 is 12.4 Å². The number of hydrogen-bond acceptors (Lipinski definition) is 2. The minimum Gasteiger partial charge on any atom is -0.303 e. The predicted molar refractivity (Wildman–Crippen MR) is 128 cm³/mol. The Balaban J connectivity index is 1.48. The number of halogens is 6. The van der Waals surface area contributed by atoms with Crippen LogP contribution >= 0.6 is 0 Å². The third-order valence-corrected chi connectivity index (χ3v) is 7.00. The summed E-state index contributed by atoms with van der Waals surface area (Å²) in [5.74, 6) is -0.165. The van der Waals surface area contributed by atoms with E-state index in [2.05, 4.69) is 29.7 Å². The molecule has 1 heterocycles. The zero-order valence-corrected chi connectivity index (χ0v) is 20.3. The van der Waals surface area contributed by atoms with E-state index in [1.54, 1.807) is 0 Å². The number of rotatable bonds is 9. The fourth-order valence-electron chi connectivity index (χ4n) is 5.01. The Kier molecular flexibility index (Phi) is 8.70. The van der Waals surface area contributed by atoms with Gasteiger partial charge in [-0.1, -0.05) is 37.0 Å². The van der Waals surface area contributed by atoms with Crippen molar-refractivity contribution in [2.45, 2.75) is 57.8 Å². The number of benzene rings is 1. The Hall–Kier alpha value is -2.61. The highest BCUT2D eigenvalue weighted by Gasteiger charge is 2.38. The first-order valence-electron chi connectivity index (χ1n) is 12.1. The van der Waals surface area contributed by atoms with Gasteiger partial charge in [0.25, 0.3) is 0 Å². The number of alkyl halides is 6. The Morgan fingerprint density at radius 1 is 1.03 bits per heavy atom. The van der Waals surface area contributed by atoms with E-state index in [0.29, 0.717) is 18.6 Å². The van der Waals surface area contributed by atoms with Crippen LogP contribution in [0.1, 0.15) is 55.7 Å². The van der Waals surface area contributed by atoms with Crippen LogP contribution in [0.3, 0.4) is 0 Å². The molecular formula is C28H31F6NO. The molecule has 0 radical (unpaired) electrons. The lowest BCUT2D eigenvalue weighted by atomic mass is 9.73. The molecule has 1 saturated heterocycles. The minimum atomic E-state index is -4.89. The van der Waals surface area contributed by atoms with Gasteiger partial charge in [-0.3, -0.25) is 4.79 Å². The lowest BCUT2D eigenvalue weighted by Gasteiger charge is -2.40. The molecule has 0 N–H and O–H groups in total. The lowest BCUT2D eigenvalue weighted by molar-refractivity contribution is -0.143. The van der Waals surface area contributed by atoms with Crippen molar-refractivity contribution in [1.29, 1.82) is 0 Å². The average molecular weight is 512 g/mol. The average Bonchev–Trinajstić information content (AvgIpc) is 3.15. The lowest BCUT2D eigenvalue weighted by Crippen LogP contribution is -2.40. The number of likely N-dealkylation sites (tertiary alicyclic amines) is 1. The van der Waals surface area contributed by atoms with Gasteiger partial charge in [0.15, 0.2) is 0 Å². The number of allylic oxidation sites excluding steroid dienone is 7. The van der Waals surface area contributed by atoms with Crippen LogP contribution in [0.4, 0.5) is 26.3 Å². The fourth-order valence-corrected chi connectivity index (χ4v) is 5.01. The van der Waals surface area contributed by atoms with Crippen LogP contribution < -0.4 is 0 Å². The summed E-state index contributed by atoms with van der Waals surface area (Å²) in [7, 11) is 0. The third kappa shape index (κ3) is 6.78. The standard InChI is InChI=1S/C28H31F6NO/c1-3-6-25-21(4-2)10-11-26(25)12-15-35(16-13-26)14-5-7-24(36)9-8-20-17-22(27(29,30)31)19-23(18-20)28(32,33)34/h3-4,6,10-11,17-19H,2,5,7-9,12-16H2,1H3/b6-3-. The summed E-state index contributed by atoms with van der Waals surface area (Å²) >= 11 is 0. The SMILES string of the molecule is C=CC1=C(/C=C\C)C2(C=C1)CCN(CCCC(=O)CCc1cc(C(F)(F)F)cc(C(F)(F)F)c1)CC2. The summed E-state index contributed by atoms with van der Waals surface area (Å²) < 4.78 is 78.1. The maximum atomic E-state index is 13.0. The van der Waals surface area contributed by atoms with Crippen LogP contribution in [-0.2, 0) is 23.6 Å². The molecule has 0 amide bonds. The number of carbonyl (C=O) groups is 1. The fraction of sp³-hybridized carbons (Fsp3) is 0.464. The number of hydrogen-bond donors (Lipinski definition) is 0. The molecule has 0 unspecified atom stereocenters. The third-order valence-electron chi connectivity index (χ3n) is 7.00. The summed E-state index contributed by atoms with van der Waals surface area (Å²) in [5.41, 5.74) is -0.392. The number of nitrogens with zero attached hydrogens (tertiary/aromatic N) is 1. The number of Topliss-reactive ketones (excluding diaryl/α,β-unsaturated/α-hetero) is 1. The Morgan fingerprint density at radius 2 is 1.64 bits per heavy atom. The van der Waals surface area contributed by atoms with Gasteiger partial charge in [0.1, 0.15) is 5.78 Å². The molecule has 36 heavy (non-hydrogen) atoms. The minimum absolute atomic E-state index is 0.0164. The summed E-state index contributed by atoms with van der Waals surface area (Å²) in [6.45, 7) is 8.39. The maximum Gasteiger partial charge on any atom is 0.416 e. The predicted octanol–water partition coefficient (Wildman–Crippen LogP) is 7.72. The van der Waals surface area contributed by atoms with Crippen molar-refractivity contribution >= 4 is 5.78 Å². The molecular weight excluding hydrogens is 480 g/mol. The highest BCUT2D eigenvalue weighted by molar-refractivity contribution is 5.78. The van der Waals surface area contributed by atoms with Gasteiger partial charge in [0, 0.05) is 18.3 Å². The highest BCUT2D eigenvalue weighted by Crippen LogP contribution is 2.46. The first-order chi connectivity index (χ1) is 16.9. The molecule has 1 aromatic rings. The zero-order chi connectivity index (χ0) is 26.6. The molecule has 196 valence electrons. The molecule has 1 spiro atoms. The summed E-state index contributed by atoms with van der Waals surface area (Å²) in [5, 5.41) is 0. The normalized spacial score (nSPS) is 18.5. The van der Waals surface area contributed by atoms with Crippen molar-refractivity contribution in [3.05, 3.63) is 83.0 Å². The van der Waals surface area contributed by atoms with Crippen LogP contribution in [0.5, 0.6) is 0 Å². The second kappa shape index (κ2) is 11.2. The molecule has 3 rings (SSSR count). The zero-order valence-electron chi connectivity index (χ0n) is 20.3. The van der Waals surface area contributed by atoms with Gasteiger partial charge in [-0.05, 0) is 87.2 Å². The second-order valence-corrected chi connectivity index (χ2v) is 9.46. The van der Waals surface area contributed by atoms with Gasteiger partial charge in [0.05, 0.1) is 11.1 Å². The van der Waals surface area contributed by atoms with E-state index in [1.165, 1.54) is 5.57 Å². The van der Waals surface area contributed by atoms with E-state index in [-0.39, 0.29) is 42.1 Å². The van der Waals surface area contributed by atoms with Crippen molar-refractivity contribution in [3.63, 3.8) is 0 Å². The van der Waals surface area contributed by atoms with Crippen molar-refractivity contribution in [2.24, 2.45) is 5.41 Å². The Labute approximate surface area is 208 Å². The van der Waals surface area contributed by atoms with Crippen molar-refractivity contribution in [2.75, 3.05) is 19.6 Å².